The summed E-state index contributed by atoms with van der Waals surface area (Å²) in [4.78, 5) is 10.4. The van der Waals surface area contributed by atoms with Crippen molar-refractivity contribution in [2.24, 2.45) is 0 Å². The number of carboxylic acids is 1. The number of halogens is 1. The minimum absolute atomic E-state index is 0.547. The summed E-state index contributed by atoms with van der Waals surface area (Å²) in [5.74, 6) is 0.266. The highest BCUT2D eigenvalue weighted by Crippen LogP contribution is 2.30. The van der Waals surface area contributed by atoms with Gasteiger partial charge >= 0.3 is 5.97 Å². The standard InChI is InChI=1S/C16H13ClO3/c1-11-2-8-14(17)15(10-11)20-13-6-3-12(4-7-13)5-9-16(18)19/h2-10H,1H3,(H,18,19)/b9-5+. The van der Waals surface area contributed by atoms with E-state index in [1.54, 1.807) is 30.3 Å². The summed E-state index contributed by atoms with van der Waals surface area (Å²) in [5, 5.41) is 9.10. The van der Waals surface area contributed by atoms with E-state index in [-0.39, 0.29) is 0 Å². The molecule has 0 heterocycles. The first-order valence-corrected chi connectivity index (χ1v) is 6.37. The Labute approximate surface area is 122 Å². The third-order valence-electron chi connectivity index (χ3n) is 2.61. The number of carbonyl (C=O) groups is 1. The number of hydrogen-bond donors (Lipinski definition) is 1. The van der Waals surface area contributed by atoms with Crippen LogP contribution in [0.1, 0.15) is 11.1 Å². The Bertz CT molecular complexity index is 645. The fourth-order valence-electron chi connectivity index (χ4n) is 1.63. The molecular formula is C16H13ClO3. The van der Waals surface area contributed by atoms with Crippen molar-refractivity contribution < 1.29 is 14.6 Å². The van der Waals surface area contributed by atoms with Crippen LogP contribution in [0.15, 0.2) is 48.5 Å². The van der Waals surface area contributed by atoms with Gasteiger partial charge in [0.05, 0.1) is 5.02 Å². The van der Waals surface area contributed by atoms with Gasteiger partial charge in [-0.25, -0.2) is 4.79 Å². The lowest BCUT2D eigenvalue weighted by molar-refractivity contribution is -0.131. The van der Waals surface area contributed by atoms with E-state index in [0.29, 0.717) is 16.5 Å². The summed E-state index contributed by atoms with van der Waals surface area (Å²) in [5.41, 5.74) is 1.85. The Kier molecular flexibility index (Phi) is 4.43. The van der Waals surface area contributed by atoms with Gasteiger partial charge in [-0.05, 0) is 48.4 Å². The Balaban J connectivity index is 2.14. The van der Waals surface area contributed by atoms with Crippen LogP contribution in [0, 0.1) is 6.92 Å². The monoisotopic (exact) mass is 288 g/mol. The Morgan fingerprint density at radius 3 is 2.55 bits per heavy atom. The molecule has 0 unspecified atom stereocenters. The summed E-state index contributed by atoms with van der Waals surface area (Å²) >= 11 is 6.06. The maximum atomic E-state index is 10.4. The van der Waals surface area contributed by atoms with Crippen molar-refractivity contribution in [3.8, 4) is 11.5 Å². The number of aryl methyl sites for hydroxylation is 1. The molecule has 20 heavy (non-hydrogen) atoms. The molecule has 0 radical (unpaired) electrons. The molecule has 0 spiro atoms. The largest absolute Gasteiger partial charge is 0.478 e. The summed E-state index contributed by atoms with van der Waals surface area (Å²) in [6, 6.07) is 12.6. The van der Waals surface area contributed by atoms with E-state index in [9.17, 15) is 4.79 Å². The summed E-state index contributed by atoms with van der Waals surface area (Å²) in [7, 11) is 0. The van der Waals surface area contributed by atoms with Crippen LogP contribution in [-0.4, -0.2) is 11.1 Å². The second-order valence-electron chi connectivity index (χ2n) is 4.28. The van der Waals surface area contributed by atoms with Crippen LogP contribution in [0.3, 0.4) is 0 Å². The van der Waals surface area contributed by atoms with Gasteiger partial charge in [0.15, 0.2) is 0 Å². The first-order chi connectivity index (χ1) is 9.54. The smallest absolute Gasteiger partial charge is 0.328 e. The molecule has 102 valence electrons. The highest BCUT2D eigenvalue weighted by molar-refractivity contribution is 6.32. The fraction of sp³-hybridized carbons (Fsp3) is 0.0625. The van der Waals surface area contributed by atoms with E-state index in [2.05, 4.69) is 0 Å². The minimum Gasteiger partial charge on any atom is -0.478 e. The topological polar surface area (TPSA) is 46.5 Å². The molecule has 0 saturated carbocycles. The normalized spacial score (nSPS) is 10.7. The Hall–Kier alpha value is -2.26. The zero-order valence-electron chi connectivity index (χ0n) is 10.8. The molecule has 4 heteroatoms. The molecule has 0 amide bonds. The molecule has 0 bridgehead atoms. The summed E-state index contributed by atoms with van der Waals surface area (Å²) in [6.07, 6.45) is 2.61. The minimum atomic E-state index is -0.975. The molecule has 0 aliphatic rings. The molecule has 2 rings (SSSR count). The second kappa shape index (κ2) is 6.26. The maximum absolute atomic E-state index is 10.4. The quantitative estimate of drug-likeness (QED) is 0.840. The van der Waals surface area contributed by atoms with Crippen molar-refractivity contribution in [2.45, 2.75) is 6.92 Å². The highest BCUT2D eigenvalue weighted by Gasteiger charge is 2.03. The maximum Gasteiger partial charge on any atom is 0.328 e. The molecule has 2 aromatic carbocycles. The highest BCUT2D eigenvalue weighted by atomic mass is 35.5. The van der Waals surface area contributed by atoms with Crippen LogP contribution >= 0.6 is 11.6 Å². The molecule has 0 atom stereocenters. The van der Waals surface area contributed by atoms with Crippen molar-refractivity contribution in [2.75, 3.05) is 0 Å². The third-order valence-corrected chi connectivity index (χ3v) is 2.93. The van der Waals surface area contributed by atoms with E-state index in [0.717, 1.165) is 17.2 Å². The number of ether oxygens (including phenoxy) is 1. The molecule has 1 N–H and O–H groups in total. The molecule has 2 aromatic rings. The zero-order chi connectivity index (χ0) is 14.5. The molecule has 0 aliphatic carbocycles. The van der Waals surface area contributed by atoms with Crippen LogP contribution in [0.25, 0.3) is 6.08 Å². The lowest BCUT2D eigenvalue weighted by Crippen LogP contribution is -1.87. The van der Waals surface area contributed by atoms with Gasteiger partial charge in [0.25, 0.3) is 0 Å². The van der Waals surface area contributed by atoms with Crippen LogP contribution in [-0.2, 0) is 4.79 Å². The number of hydrogen-bond acceptors (Lipinski definition) is 2. The first-order valence-electron chi connectivity index (χ1n) is 6.00. The van der Waals surface area contributed by atoms with E-state index in [1.165, 1.54) is 6.08 Å². The van der Waals surface area contributed by atoms with Crippen LogP contribution < -0.4 is 4.74 Å². The first kappa shape index (κ1) is 14.2. The van der Waals surface area contributed by atoms with Gasteiger partial charge in [-0.15, -0.1) is 0 Å². The van der Waals surface area contributed by atoms with Crippen LogP contribution in [0.4, 0.5) is 0 Å². The number of aliphatic carboxylic acids is 1. The number of carboxylic acid groups (broad SMARTS) is 1. The molecule has 0 fully saturated rings. The Morgan fingerprint density at radius 1 is 1.20 bits per heavy atom. The van der Waals surface area contributed by atoms with Gasteiger partial charge in [-0.2, -0.15) is 0 Å². The lowest BCUT2D eigenvalue weighted by Gasteiger charge is -2.08. The van der Waals surface area contributed by atoms with E-state index >= 15 is 0 Å². The molecule has 0 aliphatic heterocycles. The van der Waals surface area contributed by atoms with Crippen molar-refractivity contribution in [3.05, 3.63) is 64.7 Å². The van der Waals surface area contributed by atoms with Crippen molar-refractivity contribution in [1.29, 1.82) is 0 Å². The molecule has 0 aromatic heterocycles. The average molecular weight is 289 g/mol. The number of benzene rings is 2. The van der Waals surface area contributed by atoms with Crippen molar-refractivity contribution in [1.82, 2.24) is 0 Å². The zero-order valence-corrected chi connectivity index (χ0v) is 11.6. The van der Waals surface area contributed by atoms with Gasteiger partial charge in [0.1, 0.15) is 11.5 Å². The molecule has 3 nitrogen and oxygen atoms in total. The second-order valence-corrected chi connectivity index (χ2v) is 4.68. The summed E-state index contributed by atoms with van der Waals surface area (Å²) in [6.45, 7) is 1.96. The van der Waals surface area contributed by atoms with Crippen LogP contribution in [0.2, 0.25) is 5.02 Å². The van der Waals surface area contributed by atoms with Gasteiger partial charge in [0, 0.05) is 6.08 Å². The summed E-state index contributed by atoms with van der Waals surface area (Å²) < 4.78 is 5.70. The fourth-order valence-corrected chi connectivity index (χ4v) is 1.79. The van der Waals surface area contributed by atoms with Crippen LogP contribution in [0.5, 0.6) is 11.5 Å². The SMILES string of the molecule is Cc1ccc(Cl)c(Oc2ccc(/C=C/C(=O)O)cc2)c1. The van der Waals surface area contributed by atoms with E-state index in [4.69, 9.17) is 21.4 Å². The predicted octanol–water partition coefficient (Wildman–Crippen LogP) is 4.54. The van der Waals surface area contributed by atoms with Gasteiger partial charge < -0.3 is 9.84 Å². The van der Waals surface area contributed by atoms with Gasteiger partial charge in [0.2, 0.25) is 0 Å². The van der Waals surface area contributed by atoms with Crippen molar-refractivity contribution in [3.63, 3.8) is 0 Å². The van der Waals surface area contributed by atoms with Crippen molar-refractivity contribution >= 4 is 23.6 Å². The van der Waals surface area contributed by atoms with Gasteiger partial charge in [-0.1, -0.05) is 29.8 Å². The average Bonchev–Trinajstić information content (AvgIpc) is 2.42. The Morgan fingerprint density at radius 2 is 1.90 bits per heavy atom. The predicted molar refractivity (Wildman–Crippen MR) is 79.4 cm³/mol. The molecule has 0 saturated heterocycles. The van der Waals surface area contributed by atoms with E-state index in [1.807, 2.05) is 19.1 Å². The van der Waals surface area contributed by atoms with Gasteiger partial charge in [-0.3, -0.25) is 0 Å². The van der Waals surface area contributed by atoms with E-state index < -0.39 is 5.97 Å². The lowest BCUT2D eigenvalue weighted by atomic mass is 10.2. The third kappa shape index (κ3) is 3.87. The molecular weight excluding hydrogens is 276 g/mol. The number of rotatable bonds is 4.